The minimum atomic E-state index is 0.147. The summed E-state index contributed by atoms with van der Waals surface area (Å²) in [6.45, 7) is 2.77. The van der Waals surface area contributed by atoms with E-state index in [1.165, 1.54) is 5.56 Å². The number of amides is 1. The minimum absolute atomic E-state index is 0.147. The van der Waals surface area contributed by atoms with Crippen LogP contribution in [0, 0.1) is 6.92 Å². The average Bonchev–Trinajstić information content (AvgIpc) is 2.65. The fourth-order valence-electron chi connectivity index (χ4n) is 2.00. The van der Waals surface area contributed by atoms with Gasteiger partial charge in [0.25, 0.3) is 0 Å². The van der Waals surface area contributed by atoms with Gasteiger partial charge in [-0.2, -0.15) is 0 Å². The molecular weight excluding hydrogens is 190 g/mol. The summed E-state index contributed by atoms with van der Waals surface area (Å²) in [5, 5.41) is 2.85. The highest BCUT2D eigenvalue weighted by Crippen LogP contribution is 2.27. The normalized spacial score (nSPS) is 20.1. The smallest absolute Gasteiger partial charge is 0.220 e. The summed E-state index contributed by atoms with van der Waals surface area (Å²) in [6, 6.07) is 6.11. The fourth-order valence-corrected chi connectivity index (χ4v) is 2.00. The van der Waals surface area contributed by atoms with Crippen LogP contribution in [0.4, 0.5) is 0 Å². The monoisotopic (exact) mass is 205 g/mol. The van der Waals surface area contributed by atoms with Crippen molar-refractivity contribution in [2.24, 2.45) is 0 Å². The van der Waals surface area contributed by atoms with E-state index in [-0.39, 0.29) is 5.91 Å². The molecule has 0 saturated carbocycles. The lowest BCUT2D eigenvalue weighted by Crippen LogP contribution is -2.13. The zero-order valence-electron chi connectivity index (χ0n) is 9.04. The van der Waals surface area contributed by atoms with E-state index < -0.39 is 0 Å². The molecule has 0 aromatic heterocycles. The maximum absolute atomic E-state index is 11.1. The van der Waals surface area contributed by atoms with Crippen molar-refractivity contribution in [1.29, 1.82) is 0 Å². The van der Waals surface area contributed by atoms with Gasteiger partial charge in [0.2, 0.25) is 5.91 Å². The maximum Gasteiger partial charge on any atom is 0.220 e. The number of nitrogens with one attached hydrogen (secondary N) is 1. The first-order valence-corrected chi connectivity index (χ1v) is 5.12. The standard InChI is InChI=1S/C12H15NO2/c1-8-5-9(3-4-11(8)15-2)10-6-12(14)13-7-10/h3-5,10H,6-7H2,1-2H3,(H,13,14). The van der Waals surface area contributed by atoms with Gasteiger partial charge >= 0.3 is 0 Å². The van der Waals surface area contributed by atoms with Crippen molar-refractivity contribution in [3.05, 3.63) is 29.3 Å². The Bertz CT molecular complexity index is 387. The molecule has 1 heterocycles. The van der Waals surface area contributed by atoms with Crippen LogP contribution in [0.5, 0.6) is 5.75 Å². The van der Waals surface area contributed by atoms with E-state index in [4.69, 9.17) is 4.74 Å². The molecule has 1 aliphatic heterocycles. The lowest BCUT2D eigenvalue weighted by Gasteiger charge is -2.11. The highest BCUT2D eigenvalue weighted by Gasteiger charge is 2.23. The highest BCUT2D eigenvalue weighted by atomic mass is 16.5. The summed E-state index contributed by atoms with van der Waals surface area (Å²) < 4.78 is 5.20. The third-order valence-electron chi connectivity index (χ3n) is 2.87. The summed E-state index contributed by atoms with van der Waals surface area (Å²) in [5.74, 6) is 1.37. The molecule has 2 rings (SSSR count). The van der Waals surface area contributed by atoms with Crippen molar-refractivity contribution < 1.29 is 9.53 Å². The van der Waals surface area contributed by atoms with Gasteiger partial charge in [0.05, 0.1) is 7.11 Å². The molecule has 80 valence electrons. The van der Waals surface area contributed by atoms with Gasteiger partial charge in [0.15, 0.2) is 0 Å². The van der Waals surface area contributed by atoms with Crippen molar-refractivity contribution in [2.75, 3.05) is 13.7 Å². The molecule has 1 aliphatic rings. The summed E-state index contributed by atoms with van der Waals surface area (Å²) in [6.07, 6.45) is 0.603. The number of methoxy groups -OCH3 is 1. The quantitative estimate of drug-likeness (QED) is 0.796. The lowest BCUT2D eigenvalue weighted by atomic mass is 9.96. The van der Waals surface area contributed by atoms with E-state index in [0.29, 0.717) is 12.3 Å². The Morgan fingerprint density at radius 3 is 2.80 bits per heavy atom. The molecule has 3 nitrogen and oxygen atoms in total. The molecule has 1 aromatic carbocycles. The summed E-state index contributed by atoms with van der Waals surface area (Å²) in [5.41, 5.74) is 2.33. The van der Waals surface area contributed by atoms with Crippen molar-refractivity contribution >= 4 is 5.91 Å². The van der Waals surface area contributed by atoms with Crippen LogP contribution in [0.1, 0.15) is 23.5 Å². The molecule has 0 spiro atoms. The molecule has 1 fully saturated rings. The predicted octanol–water partition coefficient (Wildman–Crippen LogP) is 1.61. The second kappa shape index (κ2) is 3.93. The molecule has 3 heteroatoms. The first-order chi connectivity index (χ1) is 7.20. The van der Waals surface area contributed by atoms with Crippen LogP contribution in [0.2, 0.25) is 0 Å². The summed E-state index contributed by atoms with van der Waals surface area (Å²) in [7, 11) is 1.67. The zero-order chi connectivity index (χ0) is 10.8. The maximum atomic E-state index is 11.1. The zero-order valence-corrected chi connectivity index (χ0v) is 9.04. The van der Waals surface area contributed by atoms with Gasteiger partial charge in [-0.25, -0.2) is 0 Å². The Labute approximate surface area is 89.4 Å². The van der Waals surface area contributed by atoms with E-state index in [0.717, 1.165) is 17.9 Å². The van der Waals surface area contributed by atoms with E-state index in [1.807, 2.05) is 19.1 Å². The number of hydrogen-bond donors (Lipinski definition) is 1. The van der Waals surface area contributed by atoms with Crippen LogP contribution in [0.15, 0.2) is 18.2 Å². The number of carbonyl (C=O) groups is 1. The molecule has 1 aromatic rings. The van der Waals surface area contributed by atoms with E-state index in [9.17, 15) is 4.79 Å². The van der Waals surface area contributed by atoms with E-state index >= 15 is 0 Å². The number of hydrogen-bond acceptors (Lipinski definition) is 2. The number of carbonyl (C=O) groups excluding carboxylic acids is 1. The largest absolute Gasteiger partial charge is 0.496 e. The Hall–Kier alpha value is -1.51. The van der Waals surface area contributed by atoms with Crippen LogP contribution in [0.3, 0.4) is 0 Å². The fraction of sp³-hybridized carbons (Fsp3) is 0.417. The molecular formula is C12H15NO2. The highest BCUT2D eigenvalue weighted by molar-refractivity contribution is 5.79. The number of rotatable bonds is 2. The molecule has 0 aliphatic carbocycles. The van der Waals surface area contributed by atoms with Gasteiger partial charge in [-0.1, -0.05) is 12.1 Å². The van der Waals surface area contributed by atoms with Gasteiger partial charge < -0.3 is 10.1 Å². The van der Waals surface area contributed by atoms with Crippen LogP contribution >= 0.6 is 0 Å². The molecule has 1 atom stereocenters. The van der Waals surface area contributed by atoms with Crippen LogP contribution in [-0.2, 0) is 4.79 Å². The first-order valence-electron chi connectivity index (χ1n) is 5.12. The third kappa shape index (κ3) is 1.96. The summed E-state index contributed by atoms with van der Waals surface area (Å²) >= 11 is 0. The first kappa shape index (κ1) is 10.0. The van der Waals surface area contributed by atoms with Gasteiger partial charge in [-0.3, -0.25) is 4.79 Å². The Morgan fingerprint density at radius 1 is 1.47 bits per heavy atom. The van der Waals surface area contributed by atoms with Crippen molar-refractivity contribution in [1.82, 2.24) is 5.32 Å². The van der Waals surface area contributed by atoms with Crippen LogP contribution < -0.4 is 10.1 Å². The van der Waals surface area contributed by atoms with Crippen LogP contribution in [0.25, 0.3) is 0 Å². The third-order valence-corrected chi connectivity index (χ3v) is 2.87. The molecule has 1 amide bonds. The van der Waals surface area contributed by atoms with Crippen molar-refractivity contribution in [3.8, 4) is 5.75 Å². The van der Waals surface area contributed by atoms with Gasteiger partial charge in [-0.15, -0.1) is 0 Å². The molecule has 1 saturated heterocycles. The molecule has 15 heavy (non-hydrogen) atoms. The van der Waals surface area contributed by atoms with Gasteiger partial charge in [-0.05, 0) is 24.1 Å². The number of benzene rings is 1. The molecule has 1 N–H and O–H groups in total. The second-order valence-corrected chi connectivity index (χ2v) is 3.93. The van der Waals surface area contributed by atoms with E-state index in [2.05, 4.69) is 11.4 Å². The predicted molar refractivity (Wildman–Crippen MR) is 58.1 cm³/mol. The van der Waals surface area contributed by atoms with Crippen molar-refractivity contribution in [3.63, 3.8) is 0 Å². The number of ether oxygens (including phenoxy) is 1. The van der Waals surface area contributed by atoms with Gasteiger partial charge in [0, 0.05) is 18.9 Å². The van der Waals surface area contributed by atoms with E-state index in [1.54, 1.807) is 7.11 Å². The average molecular weight is 205 g/mol. The SMILES string of the molecule is COc1ccc(C2CNC(=O)C2)cc1C. The van der Waals surface area contributed by atoms with Gasteiger partial charge in [0.1, 0.15) is 5.75 Å². The van der Waals surface area contributed by atoms with Crippen LogP contribution in [-0.4, -0.2) is 19.6 Å². The van der Waals surface area contributed by atoms with Crippen molar-refractivity contribution in [2.45, 2.75) is 19.3 Å². The number of aryl methyl sites for hydroxylation is 1. The second-order valence-electron chi connectivity index (χ2n) is 3.93. The lowest BCUT2D eigenvalue weighted by molar-refractivity contribution is -0.119. The summed E-state index contributed by atoms with van der Waals surface area (Å²) in [4.78, 5) is 11.1. The Kier molecular flexibility index (Phi) is 2.62. The Balaban J connectivity index is 2.22. The molecule has 1 unspecified atom stereocenters. The topological polar surface area (TPSA) is 38.3 Å². The molecule has 0 radical (unpaired) electrons. The molecule has 0 bridgehead atoms. The Morgan fingerprint density at radius 2 is 2.27 bits per heavy atom. The minimum Gasteiger partial charge on any atom is -0.496 e.